The van der Waals surface area contributed by atoms with E-state index in [1.54, 1.807) is 55.7 Å². The second-order valence-corrected chi connectivity index (χ2v) is 10.8. The molecule has 4 heterocycles. The van der Waals surface area contributed by atoms with Gasteiger partial charge in [-0.2, -0.15) is 0 Å². The van der Waals surface area contributed by atoms with Crippen molar-refractivity contribution in [1.82, 2.24) is 19.5 Å². The number of nitrogens with zero attached hydrogens (tertiary/aromatic N) is 4. The Morgan fingerprint density at radius 1 is 1.14 bits per heavy atom. The Labute approximate surface area is 244 Å². The highest BCUT2D eigenvalue weighted by atomic mass is 35.5. The Hall–Kier alpha value is -4.54. The van der Waals surface area contributed by atoms with E-state index in [0.717, 1.165) is 11.9 Å². The van der Waals surface area contributed by atoms with Gasteiger partial charge in [0, 0.05) is 42.1 Å². The minimum atomic E-state index is -1.38. The van der Waals surface area contributed by atoms with Crippen molar-refractivity contribution < 1.29 is 28.5 Å². The molecule has 0 aliphatic carbocycles. The van der Waals surface area contributed by atoms with Crippen LogP contribution in [0.4, 0.5) is 4.39 Å². The van der Waals surface area contributed by atoms with Gasteiger partial charge in [-0.3, -0.25) is 0 Å². The number of benzene rings is 3. The first-order valence-corrected chi connectivity index (χ1v) is 13.8. The summed E-state index contributed by atoms with van der Waals surface area (Å²) >= 11 is 5.94. The zero-order valence-electron chi connectivity index (χ0n) is 22.4. The number of rotatable bonds is 7. The highest BCUT2D eigenvalue weighted by Crippen LogP contribution is 2.49. The molecule has 42 heavy (non-hydrogen) atoms. The minimum absolute atomic E-state index is 0.0485. The summed E-state index contributed by atoms with van der Waals surface area (Å²) in [6, 6.07) is 14.7. The van der Waals surface area contributed by atoms with E-state index >= 15 is 0 Å². The number of hydrogen-bond acceptors (Lipinski definition) is 7. The van der Waals surface area contributed by atoms with Gasteiger partial charge < -0.3 is 23.9 Å². The van der Waals surface area contributed by atoms with Gasteiger partial charge in [-0.1, -0.05) is 23.7 Å². The first-order chi connectivity index (χ1) is 20.3. The number of aromatic carboxylic acids is 1. The van der Waals surface area contributed by atoms with E-state index in [1.165, 1.54) is 6.07 Å². The van der Waals surface area contributed by atoms with Gasteiger partial charge in [-0.25, -0.2) is 24.1 Å². The number of carboxylic acid groups (broad SMARTS) is 1. The van der Waals surface area contributed by atoms with Crippen LogP contribution in [0.15, 0.2) is 67.0 Å². The molecule has 1 fully saturated rings. The maximum absolute atomic E-state index is 14.8. The Morgan fingerprint density at radius 3 is 2.67 bits per heavy atom. The molecule has 2 unspecified atom stereocenters. The third-order valence-electron chi connectivity index (χ3n) is 7.59. The molecule has 1 N–H and O–H groups in total. The molecule has 2 aliphatic heterocycles. The van der Waals surface area contributed by atoms with E-state index in [2.05, 4.69) is 9.97 Å². The fraction of sp³-hybridized carbons (Fsp3) is 0.226. The van der Waals surface area contributed by atoms with Crippen molar-refractivity contribution in [2.75, 3.05) is 6.61 Å². The molecule has 0 amide bonds. The predicted octanol–water partition coefficient (Wildman–Crippen LogP) is 6.01. The summed E-state index contributed by atoms with van der Waals surface area (Å²) in [5.41, 5.74) is 3.25. The number of aromatic nitrogens is 4. The normalized spacial score (nSPS) is 19.2. The number of imidazole rings is 1. The largest absolute Gasteiger partial charge is 0.478 e. The van der Waals surface area contributed by atoms with Gasteiger partial charge in [0.1, 0.15) is 17.5 Å². The van der Waals surface area contributed by atoms with Crippen LogP contribution in [0.1, 0.15) is 40.9 Å². The Morgan fingerprint density at radius 2 is 1.95 bits per heavy atom. The quantitative estimate of drug-likeness (QED) is 0.247. The molecular formula is C31H24ClFN4O5. The zero-order chi connectivity index (χ0) is 29.0. The Kier molecular flexibility index (Phi) is 6.32. The number of fused-ring (bicyclic) bond motifs is 2. The molecule has 5 aromatic rings. The number of hydrogen-bond donors (Lipinski definition) is 1. The fourth-order valence-corrected chi connectivity index (χ4v) is 5.48. The topological polar surface area (TPSA) is 109 Å². The van der Waals surface area contributed by atoms with Crippen LogP contribution in [-0.4, -0.2) is 43.3 Å². The maximum Gasteiger partial charge on any atom is 0.335 e. The van der Waals surface area contributed by atoms with Crippen LogP contribution in [0.25, 0.3) is 22.2 Å². The lowest BCUT2D eigenvalue weighted by atomic mass is 10.1. The van der Waals surface area contributed by atoms with Gasteiger partial charge in [-0.05, 0) is 48.9 Å². The van der Waals surface area contributed by atoms with Gasteiger partial charge in [-0.15, -0.1) is 0 Å². The van der Waals surface area contributed by atoms with E-state index in [9.17, 15) is 14.3 Å². The summed E-state index contributed by atoms with van der Waals surface area (Å²) in [6.45, 7) is 2.93. The predicted molar refractivity (Wildman–Crippen MR) is 151 cm³/mol. The lowest BCUT2D eigenvalue weighted by molar-refractivity contribution is -0.0705. The Balaban J connectivity index is 1.17. The summed E-state index contributed by atoms with van der Waals surface area (Å²) in [5.74, 6) is -0.706. The molecule has 1 saturated heterocycles. The van der Waals surface area contributed by atoms with Crippen molar-refractivity contribution in [3.05, 3.63) is 101 Å². The standard InChI is InChI=1S/C31H24ClFN4O5/c1-31(22-7-6-19(32)12-23(22)33)41-26-4-2-3-21(29(26)42-31)18-14-34-27(35-15-18)13-28-36-24-8-5-17(30(38)39)11-25(24)37(28)16-20-9-10-40-20/h2-8,11-12,14-15,20H,9-10,13,16H2,1H3,(H,38,39). The lowest BCUT2D eigenvalue weighted by Crippen LogP contribution is -2.32. The van der Waals surface area contributed by atoms with Crippen LogP contribution in [-0.2, 0) is 23.5 Å². The van der Waals surface area contributed by atoms with E-state index in [1.807, 2.05) is 16.7 Å². The van der Waals surface area contributed by atoms with E-state index in [-0.39, 0.29) is 22.3 Å². The first kappa shape index (κ1) is 26.4. The average molecular weight is 587 g/mol. The van der Waals surface area contributed by atoms with Crippen LogP contribution in [0.5, 0.6) is 11.5 Å². The summed E-state index contributed by atoms with van der Waals surface area (Å²) < 4.78 is 34.7. The van der Waals surface area contributed by atoms with Crippen LogP contribution >= 0.6 is 11.6 Å². The molecule has 2 atom stereocenters. The van der Waals surface area contributed by atoms with Gasteiger partial charge >= 0.3 is 5.97 Å². The van der Waals surface area contributed by atoms with Crippen LogP contribution in [0.3, 0.4) is 0 Å². The molecule has 212 valence electrons. The van der Waals surface area contributed by atoms with Crippen LogP contribution in [0, 0.1) is 5.82 Å². The molecule has 3 aromatic carbocycles. The van der Waals surface area contributed by atoms with Crippen molar-refractivity contribution in [2.24, 2.45) is 0 Å². The highest BCUT2D eigenvalue weighted by molar-refractivity contribution is 6.30. The number of halogens is 2. The SMILES string of the molecule is CC1(c2ccc(Cl)cc2F)Oc2cccc(-c3cnc(Cc4nc5ccc(C(=O)O)cc5n4CC4CCO4)nc3)c2O1. The molecule has 9 nitrogen and oxygen atoms in total. The van der Waals surface area contributed by atoms with E-state index in [0.29, 0.717) is 59.4 Å². The minimum Gasteiger partial charge on any atom is -0.478 e. The summed E-state index contributed by atoms with van der Waals surface area (Å²) in [4.78, 5) is 25.6. The van der Waals surface area contributed by atoms with Crippen molar-refractivity contribution in [2.45, 2.75) is 38.2 Å². The van der Waals surface area contributed by atoms with Gasteiger partial charge in [0.2, 0.25) is 0 Å². The molecule has 0 spiro atoms. The average Bonchev–Trinajstić information content (AvgIpc) is 3.47. The smallest absolute Gasteiger partial charge is 0.335 e. The highest BCUT2D eigenvalue weighted by Gasteiger charge is 2.42. The van der Waals surface area contributed by atoms with E-state index in [4.69, 9.17) is 30.8 Å². The van der Waals surface area contributed by atoms with E-state index < -0.39 is 17.6 Å². The molecule has 2 aliphatic rings. The third kappa shape index (κ3) is 4.62. The molecule has 0 radical (unpaired) electrons. The second kappa shape index (κ2) is 10.1. The molecule has 11 heteroatoms. The number of carboxylic acids is 1. The number of ether oxygens (including phenoxy) is 3. The zero-order valence-corrected chi connectivity index (χ0v) is 23.1. The maximum atomic E-state index is 14.8. The van der Waals surface area contributed by atoms with Crippen LogP contribution in [0.2, 0.25) is 5.02 Å². The summed E-state index contributed by atoms with van der Waals surface area (Å²) in [7, 11) is 0. The fourth-order valence-electron chi connectivity index (χ4n) is 5.32. The third-order valence-corrected chi connectivity index (χ3v) is 7.82. The number of para-hydroxylation sites is 1. The lowest BCUT2D eigenvalue weighted by Gasteiger charge is -2.27. The number of carbonyl (C=O) groups is 1. The second-order valence-electron chi connectivity index (χ2n) is 10.4. The molecule has 7 rings (SSSR count). The van der Waals surface area contributed by atoms with Gasteiger partial charge in [0.15, 0.2) is 11.5 Å². The Bertz CT molecular complexity index is 1860. The van der Waals surface area contributed by atoms with Crippen molar-refractivity contribution in [1.29, 1.82) is 0 Å². The van der Waals surface area contributed by atoms with Gasteiger partial charge in [0.05, 0.1) is 41.2 Å². The monoisotopic (exact) mass is 586 g/mol. The summed E-state index contributed by atoms with van der Waals surface area (Å²) in [5, 5.41) is 9.77. The summed E-state index contributed by atoms with van der Waals surface area (Å²) in [6.07, 6.45) is 4.71. The van der Waals surface area contributed by atoms with Crippen molar-refractivity contribution in [3.8, 4) is 22.6 Å². The first-order valence-electron chi connectivity index (χ1n) is 13.4. The molecule has 0 bridgehead atoms. The molecular weight excluding hydrogens is 563 g/mol. The van der Waals surface area contributed by atoms with Crippen molar-refractivity contribution in [3.63, 3.8) is 0 Å². The van der Waals surface area contributed by atoms with Crippen LogP contribution < -0.4 is 9.47 Å². The molecule has 2 aromatic heterocycles. The molecule has 0 saturated carbocycles. The van der Waals surface area contributed by atoms with Crippen molar-refractivity contribution >= 4 is 28.6 Å². The van der Waals surface area contributed by atoms with Gasteiger partial charge in [0.25, 0.3) is 5.79 Å².